The Labute approximate surface area is 164 Å². The predicted molar refractivity (Wildman–Crippen MR) is 107 cm³/mol. The molecule has 27 heavy (non-hydrogen) atoms. The highest BCUT2D eigenvalue weighted by Gasteiger charge is 2.18. The van der Waals surface area contributed by atoms with Gasteiger partial charge in [0, 0.05) is 11.8 Å². The molecule has 0 fully saturated rings. The second-order valence-electron chi connectivity index (χ2n) is 5.46. The van der Waals surface area contributed by atoms with E-state index in [1.54, 1.807) is 26.2 Å². The van der Waals surface area contributed by atoms with Crippen LogP contribution in [-0.4, -0.2) is 28.5 Å². The number of hydrogen-bond acceptors (Lipinski definition) is 7. The first-order valence-corrected chi connectivity index (χ1v) is 9.71. The van der Waals surface area contributed by atoms with E-state index in [1.807, 2.05) is 24.3 Å². The number of amides is 1. The number of anilines is 3. The molecule has 9 heteroatoms. The summed E-state index contributed by atoms with van der Waals surface area (Å²) in [4.78, 5) is 12.3. The molecule has 1 atom stereocenters. The summed E-state index contributed by atoms with van der Waals surface area (Å²) in [5.41, 5.74) is 0.986. The van der Waals surface area contributed by atoms with Crippen molar-refractivity contribution in [3.63, 3.8) is 0 Å². The molecular weight excluding hydrogens is 387 g/mol. The standard InChI is InChI=1S/C18H17FN4O2S2/c1-11(16(24)21-15-9-4-3-8-14(15)19)26-18-23-22-17(27-18)20-12-6-5-7-13(10-12)25-2/h3-11H,1-2H3,(H,20,22)(H,21,24)/t11-/m1/s1. The van der Waals surface area contributed by atoms with E-state index in [0.29, 0.717) is 9.47 Å². The van der Waals surface area contributed by atoms with Crippen molar-refractivity contribution in [3.05, 3.63) is 54.3 Å². The molecule has 0 unspecified atom stereocenters. The zero-order valence-corrected chi connectivity index (χ0v) is 16.2. The van der Waals surface area contributed by atoms with Crippen LogP contribution in [0.4, 0.5) is 20.9 Å². The fourth-order valence-corrected chi connectivity index (χ4v) is 4.05. The van der Waals surface area contributed by atoms with Crippen molar-refractivity contribution in [1.29, 1.82) is 0 Å². The molecule has 6 nitrogen and oxygen atoms in total. The monoisotopic (exact) mass is 404 g/mol. The van der Waals surface area contributed by atoms with Crippen LogP contribution in [0, 0.1) is 5.82 Å². The van der Waals surface area contributed by atoms with Crippen LogP contribution in [0.25, 0.3) is 0 Å². The average molecular weight is 404 g/mol. The largest absolute Gasteiger partial charge is 0.497 e. The van der Waals surface area contributed by atoms with E-state index in [-0.39, 0.29) is 11.6 Å². The van der Waals surface area contributed by atoms with Gasteiger partial charge in [-0.25, -0.2) is 4.39 Å². The topological polar surface area (TPSA) is 76.1 Å². The van der Waals surface area contributed by atoms with E-state index in [1.165, 1.54) is 35.2 Å². The first-order chi connectivity index (χ1) is 13.0. The molecule has 0 saturated carbocycles. The third-order valence-corrected chi connectivity index (χ3v) is 5.53. The number of hydrogen-bond donors (Lipinski definition) is 2. The van der Waals surface area contributed by atoms with E-state index in [2.05, 4.69) is 20.8 Å². The number of halogens is 1. The van der Waals surface area contributed by atoms with E-state index in [9.17, 15) is 9.18 Å². The van der Waals surface area contributed by atoms with Crippen LogP contribution >= 0.6 is 23.1 Å². The molecule has 1 aromatic heterocycles. The molecule has 0 aliphatic heterocycles. The van der Waals surface area contributed by atoms with Gasteiger partial charge in [0.25, 0.3) is 0 Å². The molecule has 2 N–H and O–H groups in total. The van der Waals surface area contributed by atoms with Crippen LogP contribution in [0.2, 0.25) is 0 Å². The molecule has 0 aliphatic rings. The molecule has 0 radical (unpaired) electrons. The van der Waals surface area contributed by atoms with Crippen molar-refractivity contribution in [2.75, 3.05) is 17.7 Å². The fourth-order valence-electron chi connectivity index (χ4n) is 2.13. The molecule has 0 spiro atoms. The number of thioether (sulfide) groups is 1. The number of rotatable bonds is 7. The van der Waals surface area contributed by atoms with Crippen LogP contribution in [0.15, 0.2) is 52.9 Å². The van der Waals surface area contributed by atoms with Gasteiger partial charge in [-0.2, -0.15) is 0 Å². The summed E-state index contributed by atoms with van der Waals surface area (Å²) >= 11 is 2.59. The summed E-state index contributed by atoms with van der Waals surface area (Å²) in [5, 5.41) is 14.0. The van der Waals surface area contributed by atoms with Gasteiger partial charge in [-0.05, 0) is 31.2 Å². The molecule has 2 aromatic carbocycles. The number of nitrogens with zero attached hydrogens (tertiary/aromatic N) is 2. The van der Waals surface area contributed by atoms with Crippen molar-refractivity contribution in [3.8, 4) is 5.75 Å². The third-order valence-electron chi connectivity index (χ3n) is 3.51. The van der Waals surface area contributed by atoms with Crippen LogP contribution in [0.5, 0.6) is 5.75 Å². The van der Waals surface area contributed by atoms with Gasteiger partial charge in [0.05, 0.1) is 18.0 Å². The fraction of sp³-hybridized carbons (Fsp3) is 0.167. The molecule has 0 saturated heterocycles. The highest BCUT2D eigenvalue weighted by Crippen LogP contribution is 2.31. The zero-order valence-electron chi connectivity index (χ0n) is 14.6. The molecule has 1 amide bonds. The van der Waals surface area contributed by atoms with Gasteiger partial charge in [0.1, 0.15) is 11.6 Å². The number of para-hydroxylation sites is 1. The lowest BCUT2D eigenvalue weighted by Gasteiger charge is -2.10. The van der Waals surface area contributed by atoms with Gasteiger partial charge in [-0.1, -0.05) is 41.3 Å². The quantitative estimate of drug-likeness (QED) is 0.563. The van der Waals surface area contributed by atoms with Crippen molar-refractivity contribution < 1.29 is 13.9 Å². The number of benzene rings is 2. The second-order valence-corrected chi connectivity index (χ2v) is 8.02. The predicted octanol–water partition coefficient (Wildman–Crippen LogP) is 4.55. The lowest BCUT2D eigenvalue weighted by molar-refractivity contribution is -0.115. The number of carbonyl (C=O) groups excluding carboxylic acids is 1. The maximum atomic E-state index is 13.6. The van der Waals surface area contributed by atoms with E-state index in [4.69, 9.17) is 4.74 Å². The number of carbonyl (C=O) groups is 1. The molecule has 140 valence electrons. The van der Waals surface area contributed by atoms with Gasteiger partial charge in [0.2, 0.25) is 11.0 Å². The first kappa shape index (κ1) is 19.1. The zero-order chi connectivity index (χ0) is 19.2. The van der Waals surface area contributed by atoms with Gasteiger partial charge >= 0.3 is 0 Å². The van der Waals surface area contributed by atoms with Crippen LogP contribution < -0.4 is 15.4 Å². The molecule has 1 heterocycles. The smallest absolute Gasteiger partial charge is 0.237 e. The molecule has 3 rings (SSSR count). The average Bonchev–Trinajstić information content (AvgIpc) is 3.10. The maximum Gasteiger partial charge on any atom is 0.237 e. The summed E-state index contributed by atoms with van der Waals surface area (Å²) in [6.45, 7) is 1.73. The summed E-state index contributed by atoms with van der Waals surface area (Å²) in [7, 11) is 1.60. The summed E-state index contributed by atoms with van der Waals surface area (Å²) in [6, 6.07) is 13.5. The minimum Gasteiger partial charge on any atom is -0.497 e. The van der Waals surface area contributed by atoms with Crippen molar-refractivity contribution in [2.24, 2.45) is 0 Å². The summed E-state index contributed by atoms with van der Waals surface area (Å²) < 4.78 is 19.5. The summed E-state index contributed by atoms with van der Waals surface area (Å²) in [6.07, 6.45) is 0. The third kappa shape index (κ3) is 5.18. The minimum absolute atomic E-state index is 0.160. The number of methoxy groups -OCH3 is 1. The molecule has 3 aromatic rings. The Bertz CT molecular complexity index is 935. The highest BCUT2D eigenvalue weighted by atomic mass is 32.2. The van der Waals surface area contributed by atoms with Gasteiger partial charge in [-0.3, -0.25) is 4.79 Å². The lowest BCUT2D eigenvalue weighted by Crippen LogP contribution is -2.22. The first-order valence-electron chi connectivity index (χ1n) is 8.02. The Balaban J connectivity index is 1.59. The van der Waals surface area contributed by atoms with Crippen molar-refractivity contribution in [2.45, 2.75) is 16.5 Å². The van der Waals surface area contributed by atoms with Crippen LogP contribution in [-0.2, 0) is 4.79 Å². The SMILES string of the molecule is COc1cccc(Nc2nnc(S[C@H](C)C(=O)Nc3ccccc3F)s2)c1. The van der Waals surface area contributed by atoms with Gasteiger partial charge < -0.3 is 15.4 Å². The Morgan fingerprint density at radius 3 is 2.81 bits per heavy atom. The van der Waals surface area contributed by atoms with E-state index in [0.717, 1.165) is 11.4 Å². The van der Waals surface area contributed by atoms with Crippen molar-refractivity contribution in [1.82, 2.24) is 10.2 Å². The second kappa shape index (κ2) is 8.83. The lowest BCUT2D eigenvalue weighted by atomic mass is 10.3. The highest BCUT2D eigenvalue weighted by molar-refractivity contribution is 8.02. The van der Waals surface area contributed by atoms with E-state index < -0.39 is 11.1 Å². The Morgan fingerprint density at radius 1 is 1.22 bits per heavy atom. The number of nitrogens with one attached hydrogen (secondary N) is 2. The number of aromatic nitrogens is 2. The van der Waals surface area contributed by atoms with E-state index >= 15 is 0 Å². The molecule has 0 bridgehead atoms. The van der Waals surface area contributed by atoms with Gasteiger partial charge in [-0.15, -0.1) is 10.2 Å². The maximum absolute atomic E-state index is 13.6. The van der Waals surface area contributed by atoms with Gasteiger partial charge in [0.15, 0.2) is 4.34 Å². The molecule has 0 aliphatic carbocycles. The molecular formula is C18H17FN4O2S2. The van der Waals surface area contributed by atoms with Crippen LogP contribution in [0.3, 0.4) is 0 Å². The van der Waals surface area contributed by atoms with Crippen LogP contribution in [0.1, 0.15) is 6.92 Å². The van der Waals surface area contributed by atoms with Crippen molar-refractivity contribution >= 4 is 45.5 Å². The normalized spacial score (nSPS) is 11.7. The Kier molecular flexibility index (Phi) is 6.25. The Hall–Kier alpha value is -2.65. The number of ether oxygens (including phenoxy) is 1. The Morgan fingerprint density at radius 2 is 2.04 bits per heavy atom. The summed E-state index contributed by atoms with van der Waals surface area (Å²) in [5.74, 6) is -0.0381. The minimum atomic E-state index is -0.469.